The van der Waals surface area contributed by atoms with Crippen molar-refractivity contribution in [1.29, 1.82) is 0 Å². The molecule has 3 N–H and O–H groups in total. The number of aliphatic hydroxyl groups excluding tert-OH is 1. The lowest BCUT2D eigenvalue weighted by atomic mass is 10.2. The van der Waals surface area contributed by atoms with Gasteiger partial charge in [0.1, 0.15) is 11.5 Å². The van der Waals surface area contributed by atoms with Crippen molar-refractivity contribution in [3.8, 4) is 11.5 Å². The summed E-state index contributed by atoms with van der Waals surface area (Å²) in [6.45, 7) is 2.48. The summed E-state index contributed by atoms with van der Waals surface area (Å²) >= 11 is 0. The fraction of sp³-hybridized carbons (Fsp3) is 0.316. The van der Waals surface area contributed by atoms with E-state index in [1.807, 2.05) is 61.5 Å². The topological polar surface area (TPSA) is 70.6 Å². The molecule has 24 heavy (non-hydrogen) atoms. The van der Waals surface area contributed by atoms with Crippen LogP contribution in [-0.2, 0) is 6.54 Å². The third-order valence-electron chi connectivity index (χ3n) is 3.50. The Morgan fingerprint density at radius 3 is 2.62 bits per heavy atom. The van der Waals surface area contributed by atoms with Crippen molar-refractivity contribution in [2.75, 3.05) is 6.61 Å². The number of hydrogen-bond donors (Lipinski definition) is 3. The maximum Gasteiger partial charge on any atom is 0.315 e. The second-order valence-corrected chi connectivity index (χ2v) is 5.66. The van der Waals surface area contributed by atoms with E-state index in [1.54, 1.807) is 0 Å². The molecule has 0 radical (unpaired) electrons. The fourth-order valence-electron chi connectivity index (χ4n) is 2.27. The number of carbonyl (C=O) groups excluding carboxylic acids is 1. The van der Waals surface area contributed by atoms with Gasteiger partial charge in [-0.1, -0.05) is 30.3 Å². The maximum atomic E-state index is 11.8. The van der Waals surface area contributed by atoms with Crippen LogP contribution >= 0.6 is 0 Å². The van der Waals surface area contributed by atoms with Crippen molar-refractivity contribution in [2.24, 2.45) is 0 Å². The number of carbonyl (C=O) groups is 1. The Morgan fingerprint density at radius 2 is 1.88 bits per heavy atom. The van der Waals surface area contributed by atoms with Crippen LogP contribution in [0.1, 0.15) is 25.3 Å². The Balaban J connectivity index is 1.82. The van der Waals surface area contributed by atoms with E-state index in [0.717, 1.165) is 23.5 Å². The van der Waals surface area contributed by atoms with Gasteiger partial charge in [0.05, 0.1) is 0 Å². The zero-order valence-electron chi connectivity index (χ0n) is 13.9. The Labute approximate surface area is 142 Å². The fourth-order valence-corrected chi connectivity index (χ4v) is 2.27. The Kier molecular flexibility index (Phi) is 7.11. The number of ether oxygens (including phenoxy) is 1. The molecule has 0 aliphatic rings. The molecule has 5 heteroatoms. The average Bonchev–Trinajstić information content (AvgIpc) is 2.59. The number of rotatable bonds is 8. The van der Waals surface area contributed by atoms with Gasteiger partial charge in [-0.05, 0) is 49.6 Å². The minimum absolute atomic E-state index is 0.0323. The lowest BCUT2D eigenvalue weighted by molar-refractivity contribution is 0.234. The summed E-state index contributed by atoms with van der Waals surface area (Å²) in [4.78, 5) is 11.8. The molecule has 0 bridgehead atoms. The third-order valence-corrected chi connectivity index (χ3v) is 3.50. The molecule has 2 amide bonds. The van der Waals surface area contributed by atoms with Crippen molar-refractivity contribution in [1.82, 2.24) is 10.6 Å². The van der Waals surface area contributed by atoms with Crippen LogP contribution in [-0.4, -0.2) is 23.8 Å². The Morgan fingerprint density at radius 1 is 1.12 bits per heavy atom. The molecule has 1 unspecified atom stereocenters. The first kappa shape index (κ1) is 17.8. The minimum Gasteiger partial charge on any atom is -0.457 e. The monoisotopic (exact) mass is 328 g/mol. The van der Waals surface area contributed by atoms with Gasteiger partial charge in [-0.3, -0.25) is 0 Å². The number of nitrogens with one attached hydrogen (secondary N) is 2. The smallest absolute Gasteiger partial charge is 0.315 e. The van der Waals surface area contributed by atoms with E-state index in [2.05, 4.69) is 10.6 Å². The molecular weight excluding hydrogens is 304 g/mol. The van der Waals surface area contributed by atoms with Gasteiger partial charge in [-0.25, -0.2) is 4.79 Å². The van der Waals surface area contributed by atoms with Gasteiger partial charge in [0.15, 0.2) is 0 Å². The molecule has 0 aliphatic carbocycles. The second-order valence-electron chi connectivity index (χ2n) is 5.66. The van der Waals surface area contributed by atoms with Crippen LogP contribution in [0.4, 0.5) is 4.79 Å². The largest absolute Gasteiger partial charge is 0.457 e. The third kappa shape index (κ3) is 6.30. The van der Waals surface area contributed by atoms with Crippen molar-refractivity contribution >= 4 is 6.03 Å². The van der Waals surface area contributed by atoms with Gasteiger partial charge in [0.25, 0.3) is 0 Å². The molecule has 128 valence electrons. The van der Waals surface area contributed by atoms with E-state index < -0.39 is 0 Å². The molecule has 0 aliphatic heterocycles. The minimum atomic E-state index is -0.213. The van der Waals surface area contributed by atoms with Crippen LogP contribution < -0.4 is 15.4 Å². The van der Waals surface area contributed by atoms with Crippen molar-refractivity contribution in [3.05, 3.63) is 60.2 Å². The lowest BCUT2D eigenvalue weighted by Crippen LogP contribution is -2.40. The quantitative estimate of drug-likeness (QED) is 0.695. The van der Waals surface area contributed by atoms with Crippen molar-refractivity contribution in [2.45, 2.75) is 32.4 Å². The Bertz CT molecular complexity index is 632. The summed E-state index contributed by atoms with van der Waals surface area (Å²) in [7, 11) is 0. The summed E-state index contributed by atoms with van der Waals surface area (Å²) in [5, 5.41) is 14.5. The van der Waals surface area contributed by atoms with E-state index in [1.165, 1.54) is 0 Å². The molecule has 0 saturated carbocycles. The van der Waals surface area contributed by atoms with Crippen LogP contribution in [0.5, 0.6) is 11.5 Å². The average molecular weight is 328 g/mol. The summed E-state index contributed by atoms with van der Waals surface area (Å²) in [6.07, 6.45) is 1.44. The van der Waals surface area contributed by atoms with Crippen molar-refractivity contribution < 1.29 is 14.6 Å². The molecular formula is C19H24N2O3. The normalized spacial score (nSPS) is 11.6. The van der Waals surface area contributed by atoms with E-state index in [9.17, 15) is 4.79 Å². The molecule has 0 spiro atoms. The highest BCUT2D eigenvalue weighted by atomic mass is 16.5. The zero-order valence-corrected chi connectivity index (χ0v) is 13.9. The van der Waals surface area contributed by atoms with Gasteiger partial charge in [-0.2, -0.15) is 0 Å². The Hall–Kier alpha value is -2.53. The second kappa shape index (κ2) is 9.57. The molecule has 0 saturated heterocycles. The zero-order chi connectivity index (χ0) is 17.2. The molecule has 5 nitrogen and oxygen atoms in total. The SMILES string of the molecule is CC(CCCO)NC(=O)NCc1cccc(Oc2ccccc2)c1. The number of amides is 2. The molecule has 0 fully saturated rings. The van der Waals surface area contributed by atoms with E-state index in [0.29, 0.717) is 13.0 Å². The van der Waals surface area contributed by atoms with Crippen LogP contribution in [0.2, 0.25) is 0 Å². The van der Waals surface area contributed by atoms with E-state index >= 15 is 0 Å². The van der Waals surface area contributed by atoms with Crippen LogP contribution in [0.3, 0.4) is 0 Å². The highest BCUT2D eigenvalue weighted by molar-refractivity contribution is 5.74. The molecule has 0 aromatic heterocycles. The molecule has 0 heterocycles. The highest BCUT2D eigenvalue weighted by Gasteiger charge is 2.07. The number of urea groups is 1. The number of para-hydroxylation sites is 1. The van der Waals surface area contributed by atoms with Gasteiger partial charge in [-0.15, -0.1) is 0 Å². The van der Waals surface area contributed by atoms with Crippen molar-refractivity contribution in [3.63, 3.8) is 0 Å². The number of hydrogen-bond acceptors (Lipinski definition) is 3. The molecule has 2 rings (SSSR count). The molecule has 1 atom stereocenters. The summed E-state index contributed by atoms with van der Waals surface area (Å²) in [5.41, 5.74) is 0.960. The van der Waals surface area contributed by atoms with Gasteiger partial charge < -0.3 is 20.5 Å². The van der Waals surface area contributed by atoms with Crippen LogP contribution in [0.25, 0.3) is 0 Å². The first-order chi connectivity index (χ1) is 11.7. The van der Waals surface area contributed by atoms with E-state index in [-0.39, 0.29) is 18.7 Å². The predicted octanol–water partition coefficient (Wildman–Crippen LogP) is 3.44. The number of benzene rings is 2. The first-order valence-corrected chi connectivity index (χ1v) is 8.14. The lowest BCUT2D eigenvalue weighted by Gasteiger charge is -2.14. The maximum absolute atomic E-state index is 11.8. The summed E-state index contributed by atoms with van der Waals surface area (Å²) < 4.78 is 5.78. The van der Waals surface area contributed by atoms with E-state index in [4.69, 9.17) is 9.84 Å². The standard InChI is InChI=1S/C19H24N2O3/c1-15(7-6-12-22)21-19(23)20-14-16-8-5-11-18(13-16)24-17-9-3-2-4-10-17/h2-5,8-11,13,15,22H,6-7,12,14H2,1H3,(H2,20,21,23). The highest BCUT2D eigenvalue weighted by Crippen LogP contribution is 2.21. The summed E-state index contributed by atoms with van der Waals surface area (Å²) in [5.74, 6) is 1.51. The van der Waals surface area contributed by atoms with Gasteiger partial charge in [0, 0.05) is 19.2 Å². The predicted molar refractivity (Wildman–Crippen MR) is 94.1 cm³/mol. The van der Waals surface area contributed by atoms with Crippen LogP contribution in [0, 0.1) is 0 Å². The molecule has 2 aromatic carbocycles. The van der Waals surface area contributed by atoms with Crippen LogP contribution in [0.15, 0.2) is 54.6 Å². The first-order valence-electron chi connectivity index (χ1n) is 8.14. The number of aliphatic hydroxyl groups is 1. The van der Waals surface area contributed by atoms with Gasteiger partial charge in [0.2, 0.25) is 0 Å². The molecule has 2 aromatic rings. The van der Waals surface area contributed by atoms with Gasteiger partial charge >= 0.3 is 6.03 Å². The summed E-state index contributed by atoms with van der Waals surface area (Å²) in [6, 6.07) is 17.0.